The smallest absolute Gasteiger partial charge is 0.372 e. The minimum atomic E-state index is -3.44. The lowest BCUT2D eigenvalue weighted by Crippen LogP contribution is -2.35. The molecule has 0 unspecified atom stereocenters. The number of aromatic nitrogens is 2. The second-order valence-electron chi connectivity index (χ2n) is 10.7. The fraction of sp³-hybridized carbons (Fsp3) is 0.394. The molecule has 1 aliphatic rings. The molecule has 0 N–H and O–H groups in total. The molecule has 3 aromatic rings. The van der Waals surface area contributed by atoms with Crippen molar-refractivity contribution in [3.8, 4) is 17.0 Å². The zero-order valence-corrected chi connectivity index (χ0v) is 28.8. The van der Waals surface area contributed by atoms with Crippen LogP contribution in [0.5, 0.6) is 5.75 Å². The van der Waals surface area contributed by atoms with Gasteiger partial charge >= 0.3 is 5.30 Å². The molecular weight excluding hydrogens is 671 g/mol. The summed E-state index contributed by atoms with van der Waals surface area (Å²) < 4.78 is 28.3. The molecule has 0 atom stereocenters. The van der Waals surface area contributed by atoms with Crippen LogP contribution >= 0.6 is 35.0 Å². The van der Waals surface area contributed by atoms with Crippen molar-refractivity contribution < 1.29 is 32.3 Å². The van der Waals surface area contributed by atoms with Gasteiger partial charge in [0.2, 0.25) is 0 Å². The van der Waals surface area contributed by atoms with Gasteiger partial charge in [0.1, 0.15) is 11.6 Å². The van der Waals surface area contributed by atoms with Gasteiger partial charge in [-0.25, -0.2) is 13.2 Å². The molecule has 1 aliphatic carbocycles. The van der Waals surface area contributed by atoms with E-state index in [1.54, 1.807) is 0 Å². The maximum absolute atomic E-state index is 12.3. The Labute approximate surface area is 283 Å². The number of hydrogen-bond acceptors (Lipinski definition) is 10. The molecule has 0 saturated heterocycles. The van der Waals surface area contributed by atoms with Crippen LogP contribution in [0, 0.1) is 5.92 Å². The highest BCUT2D eigenvalue weighted by Crippen LogP contribution is 2.30. The number of benzene rings is 2. The SMILES string of the molecule is CCCCCCCCSC(=O)Oc1cc(Cl)nnc1-c1ccccc1.CS(=O)(=O)c1ccc(C(=O)C2C(=O)CCCC2=O)c(Cl)c1. The average molecular weight is 708 g/mol. The Kier molecular flexibility index (Phi) is 14.8. The normalized spacial score (nSPS) is 13.6. The number of rotatable bonds is 12. The van der Waals surface area contributed by atoms with Gasteiger partial charge in [0.25, 0.3) is 0 Å². The van der Waals surface area contributed by atoms with E-state index in [9.17, 15) is 27.6 Å². The number of halogens is 2. The number of carbonyl (C=O) groups is 4. The van der Waals surface area contributed by atoms with Crippen LogP contribution in [0.25, 0.3) is 11.3 Å². The number of unbranched alkanes of at least 4 members (excludes halogenated alkanes) is 5. The summed E-state index contributed by atoms with van der Waals surface area (Å²) in [5.74, 6) is -1.67. The number of hydrogen-bond donors (Lipinski definition) is 0. The summed E-state index contributed by atoms with van der Waals surface area (Å²) in [7, 11) is -3.44. The molecule has 0 bridgehead atoms. The molecule has 246 valence electrons. The number of nitrogens with zero attached hydrogens (tertiary/aromatic N) is 2. The van der Waals surface area contributed by atoms with Crippen molar-refractivity contribution in [1.82, 2.24) is 10.2 Å². The summed E-state index contributed by atoms with van der Waals surface area (Å²) in [6, 6.07) is 14.6. The van der Waals surface area contributed by atoms with E-state index in [0.29, 0.717) is 17.9 Å². The molecule has 0 spiro atoms. The number of ether oxygens (including phenoxy) is 1. The number of Topliss-reactive ketones (excluding diaryl/α,β-unsaturated/α-hetero) is 3. The fourth-order valence-corrected chi connectivity index (χ4v) is 6.45. The number of sulfone groups is 1. The van der Waals surface area contributed by atoms with Crippen molar-refractivity contribution in [3.05, 3.63) is 70.3 Å². The maximum atomic E-state index is 12.3. The van der Waals surface area contributed by atoms with E-state index >= 15 is 0 Å². The third-order valence-electron chi connectivity index (χ3n) is 7.07. The lowest BCUT2D eigenvalue weighted by atomic mass is 9.82. The number of ketones is 3. The first-order chi connectivity index (χ1) is 21.9. The molecule has 1 saturated carbocycles. The van der Waals surface area contributed by atoms with Gasteiger partial charge in [-0.1, -0.05) is 92.6 Å². The van der Waals surface area contributed by atoms with Crippen molar-refractivity contribution in [2.75, 3.05) is 12.0 Å². The monoisotopic (exact) mass is 706 g/mol. The second-order valence-corrected chi connectivity index (χ2v) is 14.6. The molecule has 1 heterocycles. The van der Waals surface area contributed by atoms with E-state index in [1.807, 2.05) is 30.3 Å². The Hall–Kier alpha value is -3.12. The molecule has 1 fully saturated rings. The van der Waals surface area contributed by atoms with Crippen molar-refractivity contribution >= 4 is 67.5 Å². The molecule has 46 heavy (non-hydrogen) atoms. The second kappa shape index (κ2) is 18.3. The first-order valence-corrected chi connectivity index (χ1v) is 18.6. The van der Waals surface area contributed by atoms with Gasteiger partial charge in [0.15, 0.2) is 38.1 Å². The first-order valence-electron chi connectivity index (χ1n) is 14.9. The topological polar surface area (TPSA) is 137 Å². The quantitative estimate of drug-likeness (QED) is 0.0783. The maximum Gasteiger partial charge on any atom is 0.372 e. The van der Waals surface area contributed by atoms with Crippen LogP contribution in [0.3, 0.4) is 0 Å². The third kappa shape index (κ3) is 11.3. The Morgan fingerprint density at radius 3 is 2.20 bits per heavy atom. The predicted molar refractivity (Wildman–Crippen MR) is 181 cm³/mol. The van der Waals surface area contributed by atoms with Gasteiger partial charge in [0.05, 0.1) is 9.92 Å². The predicted octanol–water partition coefficient (Wildman–Crippen LogP) is 8.25. The Morgan fingerprint density at radius 1 is 0.913 bits per heavy atom. The number of thioether (sulfide) groups is 1. The molecule has 13 heteroatoms. The summed E-state index contributed by atoms with van der Waals surface area (Å²) in [6.45, 7) is 2.20. The molecule has 9 nitrogen and oxygen atoms in total. The molecule has 0 radical (unpaired) electrons. The third-order valence-corrected chi connectivity index (χ3v) is 9.49. The van der Waals surface area contributed by atoms with Crippen LogP contribution in [-0.4, -0.2) is 53.3 Å². The molecule has 4 rings (SSSR count). The van der Waals surface area contributed by atoms with Crippen molar-refractivity contribution in [2.24, 2.45) is 5.92 Å². The van der Waals surface area contributed by atoms with Crippen molar-refractivity contribution in [1.29, 1.82) is 0 Å². The minimum Gasteiger partial charge on any atom is -0.416 e. The Morgan fingerprint density at radius 2 is 1.57 bits per heavy atom. The zero-order valence-electron chi connectivity index (χ0n) is 25.7. The standard InChI is InChI=1S/C19H23ClN2O2S.C14H13ClO5S/c1-2-3-4-5-6-10-13-25-19(23)24-16-14-17(20)21-22-18(16)15-11-8-7-9-12-15;1-21(19,20)8-5-6-9(10(15)7-8)14(18)13-11(16)3-2-4-12(13)17/h7-9,11-12,14H,2-6,10,13H2,1H3;5-7,13H,2-4H2,1H3. The van der Waals surface area contributed by atoms with Crippen LogP contribution in [0.4, 0.5) is 4.79 Å². The lowest BCUT2D eigenvalue weighted by molar-refractivity contribution is -0.133. The largest absolute Gasteiger partial charge is 0.416 e. The minimum absolute atomic E-state index is 0.00216. The Balaban J connectivity index is 0.000000254. The molecular formula is C33H36Cl2N2O7S2. The van der Waals surface area contributed by atoms with Crippen molar-refractivity contribution in [3.63, 3.8) is 0 Å². The fourth-order valence-electron chi connectivity index (χ4n) is 4.66. The van der Waals surface area contributed by atoms with E-state index < -0.39 is 33.1 Å². The van der Waals surface area contributed by atoms with Crippen LogP contribution in [0.2, 0.25) is 10.2 Å². The first kappa shape index (κ1) is 37.3. The van der Waals surface area contributed by atoms with Gasteiger partial charge in [-0.3, -0.25) is 14.4 Å². The molecule has 2 aromatic carbocycles. The summed E-state index contributed by atoms with van der Waals surface area (Å²) in [5.41, 5.74) is 1.34. The van der Waals surface area contributed by atoms with Crippen molar-refractivity contribution in [2.45, 2.75) is 69.6 Å². The molecule has 0 amide bonds. The van der Waals surface area contributed by atoms with Gasteiger partial charge in [-0.15, -0.1) is 10.2 Å². The van der Waals surface area contributed by atoms with E-state index in [-0.39, 0.29) is 38.8 Å². The van der Waals surface area contributed by atoms with Crippen LogP contribution in [0.15, 0.2) is 59.5 Å². The Bertz CT molecular complexity index is 1630. The molecule has 0 aliphatic heterocycles. The van der Waals surface area contributed by atoms with Gasteiger partial charge in [0, 0.05) is 42.0 Å². The number of carbonyl (C=O) groups excluding carboxylic acids is 4. The summed E-state index contributed by atoms with van der Waals surface area (Å²) in [6.07, 6.45) is 9.07. The highest BCUT2D eigenvalue weighted by atomic mass is 35.5. The molecule has 1 aromatic heterocycles. The highest BCUT2D eigenvalue weighted by molar-refractivity contribution is 8.13. The summed E-state index contributed by atoms with van der Waals surface area (Å²) in [4.78, 5) is 47.9. The zero-order chi connectivity index (χ0) is 33.7. The summed E-state index contributed by atoms with van der Waals surface area (Å²) >= 11 is 13.0. The van der Waals surface area contributed by atoms with E-state index in [2.05, 4.69) is 17.1 Å². The van der Waals surface area contributed by atoms with Crippen LogP contribution in [0.1, 0.15) is 75.1 Å². The van der Waals surface area contributed by atoms with Gasteiger partial charge in [-0.2, -0.15) is 0 Å². The van der Waals surface area contributed by atoms with Gasteiger partial charge in [-0.05, 0) is 42.8 Å². The van der Waals surface area contributed by atoms with E-state index in [0.717, 1.165) is 36.5 Å². The lowest BCUT2D eigenvalue weighted by Gasteiger charge is -2.18. The highest BCUT2D eigenvalue weighted by Gasteiger charge is 2.37. The van der Waals surface area contributed by atoms with Crippen LogP contribution < -0.4 is 4.74 Å². The van der Waals surface area contributed by atoms with Crippen LogP contribution in [-0.2, 0) is 19.4 Å². The summed E-state index contributed by atoms with van der Waals surface area (Å²) in [5, 5.41) is 7.71. The van der Waals surface area contributed by atoms with E-state index in [4.69, 9.17) is 27.9 Å². The van der Waals surface area contributed by atoms with Gasteiger partial charge < -0.3 is 4.74 Å². The van der Waals surface area contributed by atoms with E-state index in [1.165, 1.54) is 55.6 Å². The average Bonchev–Trinajstić information content (AvgIpc) is 3.01.